The summed E-state index contributed by atoms with van der Waals surface area (Å²) >= 11 is 0. The number of rotatable bonds is 5. The monoisotopic (exact) mass is 339 g/mol. The van der Waals surface area contributed by atoms with Gasteiger partial charge in [-0.25, -0.2) is 8.42 Å². The van der Waals surface area contributed by atoms with Crippen LogP contribution in [0.2, 0.25) is 0 Å². The zero-order valence-electron chi connectivity index (χ0n) is 13.2. The SMILES string of the molecule is C[C@]1(C(=O)O)CCN(C(=O)[C@@H](Cc2ccccc2)S(C)(=O)=O)C1. The number of benzene rings is 1. The Hall–Kier alpha value is -1.89. The Bertz CT molecular complexity index is 700. The van der Waals surface area contributed by atoms with E-state index in [1.54, 1.807) is 31.2 Å². The molecule has 1 aromatic rings. The van der Waals surface area contributed by atoms with Crippen LogP contribution in [0.1, 0.15) is 18.9 Å². The Balaban J connectivity index is 2.21. The van der Waals surface area contributed by atoms with Crippen molar-refractivity contribution in [3.8, 4) is 0 Å². The maximum absolute atomic E-state index is 12.7. The molecule has 1 fully saturated rings. The predicted molar refractivity (Wildman–Crippen MR) is 85.7 cm³/mol. The molecule has 2 atom stereocenters. The fraction of sp³-hybridized carbons (Fsp3) is 0.500. The van der Waals surface area contributed by atoms with Crippen LogP contribution in [0.3, 0.4) is 0 Å². The molecule has 7 heteroatoms. The van der Waals surface area contributed by atoms with Gasteiger partial charge in [0, 0.05) is 19.3 Å². The lowest BCUT2D eigenvalue weighted by molar-refractivity contribution is -0.147. The van der Waals surface area contributed by atoms with Crippen LogP contribution in [0.4, 0.5) is 0 Å². The summed E-state index contributed by atoms with van der Waals surface area (Å²) < 4.78 is 24.1. The minimum absolute atomic E-state index is 0.0436. The average molecular weight is 339 g/mol. The number of likely N-dealkylation sites (tertiary alicyclic amines) is 1. The van der Waals surface area contributed by atoms with Gasteiger partial charge in [0.15, 0.2) is 9.84 Å². The van der Waals surface area contributed by atoms with Crippen molar-refractivity contribution in [1.29, 1.82) is 0 Å². The van der Waals surface area contributed by atoms with E-state index in [9.17, 15) is 23.1 Å². The summed E-state index contributed by atoms with van der Waals surface area (Å²) in [6.07, 6.45) is 1.47. The molecule has 1 amide bonds. The summed E-state index contributed by atoms with van der Waals surface area (Å²) in [7, 11) is -3.60. The molecule has 6 nitrogen and oxygen atoms in total. The lowest BCUT2D eigenvalue weighted by atomic mass is 9.90. The van der Waals surface area contributed by atoms with Gasteiger partial charge < -0.3 is 10.0 Å². The first-order valence-electron chi connectivity index (χ1n) is 7.38. The molecule has 1 aromatic carbocycles. The highest BCUT2D eigenvalue weighted by atomic mass is 32.2. The van der Waals surface area contributed by atoms with Crippen molar-refractivity contribution in [2.45, 2.75) is 25.0 Å². The molecule has 126 valence electrons. The number of hydrogen-bond donors (Lipinski definition) is 1. The van der Waals surface area contributed by atoms with Crippen molar-refractivity contribution in [2.75, 3.05) is 19.3 Å². The van der Waals surface area contributed by atoms with Gasteiger partial charge in [-0.2, -0.15) is 0 Å². The molecule has 0 aromatic heterocycles. The van der Waals surface area contributed by atoms with Crippen LogP contribution in [0.25, 0.3) is 0 Å². The molecule has 0 saturated carbocycles. The van der Waals surface area contributed by atoms with Gasteiger partial charge in [-0.05, 0) is 25.3 Å². The van der Waals surface area contributed by atoms with Gasteiger partial charge in [0.25, 0.3) is 0 Å². The Kier molecular flexibility index (Phi) is 4.79. The zero-order valence-corrected chi connectivity index (χ0v) is 14.0. The third-order valence-electron chi connectivity index (χ3n) is 4.36. The highest BCUT2D eigenvalue weighted by Crippen LogP contribution is 2.31. The van der Waals surface area contributed by atoms with Crippen molar-refractivity contribution < 1.29 is 23.1 Å². The number of sulfone groups is 1. The van der Waals surface area contributed by atoms with E-state index in [4.69, 9.17) is 0 Å². The number of carbonyl (C=O) groups excluding carboxylic acids is 1. The van der Waals surface area contributed by atoms with E-state index in [1.807, 2.05) is 6.07 Å². The molecule has 1 saturated heterocycles. The number of carboxylic acids is 1. The first kappa shape index (κ1) is 17.5. The summed E-state index contributed by atoms with van der Waals surface area (Å²) in [5, 5.41) is 8.07. The second-order valence-electron chi connectivity index (χ2n) is 6.38. The molecule has 2 rings (SSSR count). The van der Waals surface area contributed by atoms with Crippen molar-refractivity contribution in [3.63, 3.8) is 0 Å². The number of amides is 1. The zero-order chi connectivity index (χ0) is 17.3. The lowest BCUT2D eigenvalue weighted by Gasteiger charge is -2.24. The van der Waals surface area contributed by atoms with E-state index in [2.05, 4.69) is 0 Å². The minimum Gasteiger partial charge on any atom is -0.481 e. The van der Waals surface area contributed by atoms with Crippen molar-refractivity contribution in [2.24, 2.45) is 5.41 Å². The molecule has 1 heterocycles. The summed E-state index contributed by atoms with van der Waals surface area (Å²) in [4.78, 5) is 25.3. The van der Waals surface area contributed by atoms with Crippen LogP contribution >= 0.6 is 0 Å². The van der Waals surface area contributed by atoms with Crippen LogP contribution in [0.5, 0.6) is 0 Å². The highest BCUT2D eigenvalue weighted by molar-refractivity contribution is 7.92. The Morgan fingerprint density at radius 1 is 1.30 bits per heavy atom. The maximum Gasteiger partial charge on any atom is 0.311 e. The number of nitrogens with zero attached hydrogens (tertiary/aromatic N) is 1. The first-order chi connectivity index (χ1) is 10.6. The normalized spacial score (nSPS) is 22.8. The molecule has 1 aliphatic heterocycles. The average Bonchev–Trinajstić information content (AvgIpc) is 2.88. The summed E-state index contributed by atoms with van der Waals surface area (Å²) in [6, 6.07) is 8.94. The number of carboxylic acid groups (broad SMARTS) is 1. The van der Waals surface area contributed by atoms with E-state index in [0.29, 0.717) is 6.42 Å². The standard InChI is InChI=1S/C16H21NO5S/c1-16(15(19)20)8-9-17(11-16)14(18)13(23(2,21)22)10-12-6-4-3-5-7-12/h3-7,13H,8-11H2,1-2H3,(H,19,20)/t13-,16+/m1/s1. The van der Waals surface area contributed by atoms with Gasteiger partial charge in [0.1, 0.15) is 5.25 Å². The highest BCUT2D eigenvalue weighted by Gasteiger charge is 2.44. The molecular weight excluding hydrogens is 318 g/mol. The molecule has 1 N–H and O–H groups in total. The van der Waals surface area contributed by atoms with Gasteiger partial charge in [0.2, 0.25) is 5.91 Å². The van der Waals surface area contributed by atoms with Crippen LogP contribution in [-0.4, -0.2) is 54.9 Å². The third-order valence-corrected chi connectivity index (χ3v) is 5.76. The molecule has 0 unspecified atom stereocenters. The van der Waals surface area contributed by atoms with Gasteiger partial charge in [-0.1, -0.05) is 30.3 Å². The van der Waals surface area contributed by atoms with E-state index >= 15 is 0 Å². The lowest BCUT2D eigenvalue weighted by Crippen LogP contribution is -2.44. The molecule has 0 bridgehead atoms. The van der Waals surface area contributed by atoms with Crippen molar-refractivity contribution >= 4 is 21.7 Å². The third kappa shape index (κ3) is 3.90. The van der Waals surface area contributed by atoms with Crippen molar-refractivity contribution in [3.05, 3.63) is 35.9 Å². The van der Waals surface area contributed by atoms with Gasteiger partial charge in [0.05, 0.1) is 5.41 Å². The van der Waals surface area contributed by atoms with E-state index in [-0.39, 0.29) is 19.5 Å². The predicted octanol–water partition coefficient (Wildman–Crippen LogP) is 0.965. The fourth-order valence-corrected chi connectivity index (χ4v) is 3.79. The molecular formula is C16H21NO5S. The maximum atomic E-state index is 12.7. The van der Waals surface area contributed by atoms with Gasteiger partial charge in [-0.3, -0.25) is 9.59 Å². The minimum atomic E-state index is -3.60. The Morgan fingerprint density at radius 3 is 2.39 bits per heavy atom. The van der Waals surface area contributed by atoms with Gasteiger partial charge in [-0.15, -0.1) is 0 Å². The Labute approximate surface area is 136 Å². The second-order valence-corrected chi connectivity index (χ2v) is 8.61. The van der Waals surface area contributed by atoms with Crippen molar-refractivity contribution in [1.82, 2.24) is 4.90 Å². The summed E-state index contributed by atoms with van der Waals surface area (Å²) in [5.41, 5.74) is -0.249. The smallest absolute Gasteiger partial charge is 0.311 e. The molecule has 0 radical (unpaired) electrons. The molecule has 0 aliphatic carbocycles. The largest absolute Gasteiger partial charge is 0.481 e. The van der Waals surface area contributed by atoms with Crippen LogP contribution in [0, 0.1) is 5.41 Å². The topological polar surface area (TPSA) is 91.8 Å². The second kappa shape index (κ2) is 6.31. The van der Waals surface area contributed by atoms with Crippen LogP contribution in [0.15, 0.2) is 30.3 Å². The molecule has 0 spiro atoms. The fourth-order valence-electron chi connectivity index (χ4n) is 2.78. The quantitative estimate of drug-likeness (QED) is 0.863. The number of hydrogen-bond acceptors (Lipinski definition) is 4. The summed E-state index contributed by atoms with van der Waals surface area (Å²) in [6.45, 7) is 1.89. The summed E-state index contributed by atoms with van der Waals surface area (Å²) in [5.74, 6) is -1.48. The van der Waals surface area contributed by atoms with E-state index in [1.165, 1.54) is 4.90 Å². The number of aliphatic carboxylic acids is 1. The van der Waals surface area contributed by atoms with E-state index < -0.39 is 32.4 Å². The first-order valence-corrected chi connectivity index (χ1v) is 9.34. The number of carbonyl (C=O) groups is 2. The Morgan fingerprint density at radius 2 is 1.91 bits per heavy atom. The van der Waals surface area contributed by atoms with Crippen LogP contribution < -0.4 is 0 Å². The van der Waals surface area contributed by atoms with Gasteiger partial charge >= 0.3 is 5.97 Å². The molecule has 1 aliphatic rings. The molecule has 23 heavy (non-hydrogen) atoms. The van der Waals surface area contributed by atoms with Crippen LogP contribution in [-0.2, 0) is 25.8 Å². The van der Waals surface area contributed by atoms with E-state index in [0.717, 1.165) is 11.8 Å².